The number of carbonyl (C=O) groups is 1. The number of hydrogen-bond acceptors (Lipinski definition) is 5. The molecule has 0 atom stereocenters. The van der Waals surface area contributed by atoms with Gasteiger partial charge in [0.25, 0.3) is 5.91 Å². The van der Waals surface area contributed by atoms with Crippen molar-refractivity contribution in [1.29, 1.82) is 0 Å². The van der Waals surface area contributed by atoms with Crippen molar-refractivity contribution in [3.05, 3.63) is 88.7 Å². The summed E-state index contributed by atoms with van der Waals surface area (Å²) in [5, 5.41) is 6.67. The number of nitrogens with one attached hydrogen (secondary N) is 2. The molecule has 1 aromatic heterocycles. The number of carbonyl (C=O) groups excluding carboxylic acids is 1. The summed E-state index contributed by atoms with van der Waals surface area (Å²) in [6.07, 6.45) is 2.40. The minimum absolute atomic E-state index is 0.141. The Morgan fingerprint density at radius 3 is 2.80 bits per heavy atom. The van der Waals surface area contributed by atoms with E-state index in [1.807, 2.05) is 36.4 Å². The number of amides is 1. The van der Waals surface area contributed by atoms with Crippen LogP contribution in [-0.4, -0.2) is 36.4 Å². The van der Waals surface area contributed by atoms with Gasteiger partial charge in [0.05, 0.1) is 6.54 Å². The van der Waals surface area contributed by atoms with Crippen molar-refractivity contribution in [2.45, 2.75) is 6.42 Å². The molecule has 0 spiro atoms. The highest BCUT2D eigenvalue weighted by molar-refractivity contribution is 6.30. The summed E-state index contributed by atoms with van der Waals surface area (Å²) >= 11 is 5.94. The van der Waals surface area contributed by atoms with Crippen molar-refractivity contribution in [2.24, 2.45) is 4.99 Å². The number of hydrogen-bond donors (Lipinski definition) is 2. The maximum absolute atomic E-state index is 12.2. The smallest absolute Gasteiger partial charge is 0.251 e. The second-order valence-electron chi connectivity index (χ2n) is 6.80. The van der Waals surface area contributed by atoms with Crippen molar-refractivity contribution in [3.8, 4) is 11.5 Å². The molecule has 0 saturated heterocycles. The molecule has 152 valence electrons. The van der Waals surface area contributed by atoms with Gasteiger partial charge < -0.3 is 15.4 Å². The lowest BCUT2D eigenvalue weighted by atomic mass is 10.1. The summed E-state index contributed by atoms with van der Waals surface area (Å²) in [6, 6.07) is 18.4. The maximum Gasteiger partial charge on any atom is 0.251 e. The summed E-state index contributed by atoms with van der Waals surface area (Å²) < 4.78 is 6.00. The lowest BCUT2D eigenvalue weighted by Crippen LogP contribution is -2.25. The third-order valence-corrected chi connectivity index (χ3v) is 4.80. The minimum Gasteiger partial charge on any atom is -0.457 e. The Hall–Kier alpha value is -3.38. The lowest BCUT2D eigenvalue weighted by Gasteiger charge is -2.10. The molecule has 0 radical (unpaired) electrons. The van der Waals surface area contributed by atoms with Gasteiger partial charge in [0, 0.05) is 35.9 Å². The van der Waals surface area contributed by atoms with Crippen LogP contribution < -0.4 is 15.4 Å². The van der Waals surface area contributed by atoms with Gasteiger partial charge in [0.1, 0.15) is 23.0 Å². The number of pyridine rings is 1. The first-order chi connectivity index (χ1) is 14.7. The maximum atomic E-state index is 12.2. The number of nitrogens with zero attached hydrogens (tertiary/aromatic N) is 2. The molecular formula is C23H21ClN4O2. The molecule has 4 rings (SSSR count). The molecule has 0 aliphatic carbocycles. The molecule has 2 heterocycles. The Bertz CT molecular complexity index is 1080. The third kappa shape index (κ3) is 5.15. The summed E-state index contributed by atoms with van der Waals surface area (Å²) in [7, 11) is 0. The molecule has 1 amide bonds. The average Bonchev–Trinajstić information content (AvgIpc) is 3.29. The molecular weight excluding hydrogens is 400 g/mol. The van der Waals surface area contributed by atoms with Crippen molar-refractivity contribution in [2.75, 3.05) is 19.6 Å². The van der Waals surface area contributed by atoms with E-state index in [4.69, 9.17) is 16.3 Å². The summed E-state index contributed by atoms with van der Waals surface area (Å²) in [6.45, 7) is 2.11. The van der Waals surface area contributed by atoms with Gasteiger partial charge >= 0.3 is 0 Å². The van der Waals surface area contributed by atoms with E-state index in [1.54, 1.807) is 30.5 Å². The molecule has 6 nitrogen and oxygen atoms in total. The van der Waals surface area contributed by atoms with Gasteiger partial charge in [-0.05, 0) is 48.4 Å². The summed E-state index contributed by atoms with van der Waals surface area (Å²) in [5.41, 5.74) is 2.38. The van der Waals surface area contributed by atoms with E-state index in [9.17, 15) is 4.79 Å². The quantitative estimate of drug-likeness (QED) is 0.608. The Kier molecular flexibility index (Phi) is 6.25. The Morgan fingerprint density at radius 2 is 1.97 bits per heavy atom. The molecule has 2 aromatic carbocycles. The highest BCUT2D eigenvalue weighted by Gasteiger charge is 2.11. The third-order valence-electron chi connectivity index (χ3n) is 4.57. The van der Waals surface area contributed by atoms with Crippen molar-refractivity contribution in [1.82, 2.24) is 15.6 Å². The van der Waals surface area contributed by atoms with Crippen LogP contribution in [-0.2, 0) is 6.42 Å². The first kappa shape index (κ1) is 19.9. The second kappa shape index (κ2) is 9.41. The fourth-order valence-corrected chi connectivity index (χ4v) is 3.32. The number of aliphatic imine (C=N–C) groups is 1. The van der Waals surface area contributed by atoms with Crippen LogP contribution in [0.4, 0.5) is 0 Å². The van der Waals surface area contributed by atoms with Gasteiger partial charge in [-0.1, -0.05) is 29.8 Å². The van der Waals surface area contributed by atoms with Gasteiger partial charge in [0.2, 0.25) is 0 Å². The standard InChI is InChI=1S/C23H21ClN4O2/c24-18-5-2-4-17(14-18)23(29)28-9-7-16-3-1-6-19(13-16)30-20-8-10-25-21(15-20)22-26-11-12-27-22/h1-6,8,10,13-15H,7,9,11-12H2,(H,26,27)(H,28,29). The summed E-state index contributed by atoms with van der Waals surface area (Å²) in [5.74, 6) is 2.08. The zero-order valence-electron chi connectivity index (χ0n) is 16.3. The molecule has 2 N–H and O–H groups in total. The molecule has 7 heteroatoms. The molecule has 0 bridgehead atoms. The largest absolute Gasteiger partial charge is 0.457 e. The van der Waals surface area contributed by atoms with Crippen LogP contribution in [0.5, 0.6) is 11.5 Å². The van der Waals surface area contributed by atoms with Crippen LogP contribution in [0.2, 0.25) is 5.02 Å². The van der Waals surface area contributed by atoms with E-state index in [0.717, 1.165) is 35.9 Å². The Labute approximate surface area is 180 Å². The van der Waals surface area contributed by atoms with E-state index >= 15 is 0 Å². The fourth-order valence-electron chi connectivity index (χ4n) is 3.13. The van der Waals surface area contributed by atoms with Gasteiger partial charge in [-0.15, -0.1) is 0 Å². The number of benzene rings is 2. The molecule has 0 unspecified atom stereocenters. The zero-order chi connectivity index (χ0) is 20.8. The van der Waals surface area contributed by atoms with Gasteiger partial charge in [-0.25, -0.2) is 0 Å². The van der Waals surface area contributed by atoms with Crippen LogP contribution >= 0.6 is 11.6 Å². The van der Waals surface area contributed by atoms with Gasteiger partial charge in [-0.2, -0.15) is 0 Å². The topological polar surface area (TPSA) is 75.6 Å². The second-order valence-corrected chi connectivity index (χ2v) is 7.24. The van der Waals surface area contributed by atoms with Crippen LogP contribution in [0.1, 0.15) is 21.6 Å². The highest BCUT2D eigenvalue weighted by atomic mass is 35.5. The number of amidine groups is 1. The molecule has 3 aromatic rings. The van der Waals surface area contributed by atoms with Gasteiger partial charge in [-0.3, -0.25) is 14.8 Å². The fraction of sp³-hybridized carbons (Fsp3) is 0.174. The number of halogens is 1. The molecule has 0 fully saturated rings. The van der Waals surface area contributed by atoms with Crippen molar-refractivity contribution in [3.63, 3.8) is 0 Å². The normalized spacial score (nSPS) is 12.8. The predicted molar refractivity (Wildman–Crippen MR) is 118 cm³/mol. The number of rotatable bonds is 7. The molecule has 1 aliphatic rings. The minimum atomic E-state index is -0.141. The number of ether oxygens (including phenoxy) is 1. The van der Waals surface area contributed by atoms with Crippen LogP contribution in [0.15, 0.2) is 71.9 Å². The van der Waals surface area contributed by atoms with E-state index in [2.05, 4.69) is 20.6 Å². The molecule has 0 saturated carbocycles. The zero-order valence-corrected chi connectivity index (χ0v) is 17.0. The monoisotopic (exact) mass is 420 g/mol. The molecule has 1 aliphatic heterocycles. The average molecular weight is 421 g/mol. The van der Waals surface area contributed by atoms with Crippen LogP contribution in [0.3, 0.4) is 0 Å². The van der Waals surface area contributed by atoms with Crippen LogP contribution in [0.25, 0.3) is 0 Å². The first-order valence-electron chi connectivity index (χ1n) is 9.73. The van der Waals surface area contributed by atoms with Crippen molar-refractivity contribution < 1.29 is 9.53 Å². The Morgan fingerprint density at radius 1 is 1.10 bits per heavy atom. The van der Waals surface area contributed by atoms with E-state index < -0.39 is 0 Å². The first-order valence-corrected chi connectivity index (χ1v) is 10.1. The van der Waals surface area contributed by atoms with E-state index in [0.29, 0.717) is 29.3 Å². The molecule has 30 heavy (non-hydrogen) atoms. The lowest BCUT2D eigenvalue weighted by molar-refractivity contribution is 0.0954. The summed E-state index contributed by atoms with van der Waals surface area (Å²) in [4.78, 5) is 21.0. The highest BCUT2D eigenvalue weighted by Crippen LogP contribution is 2.23. The predicted octanol–water partition coefficient (Wildman–Crippen LogP) is 3.85. The van der Waals surface area contributed by atoms with Crippen molar-refractivity contribution >= 4 is 23.3 Å². The van der Waals surface area contributed by atoms with E-state index in [1.165, 1.54) is 0 Å². The number of aromatic nitrogens is 1. The SMILES string of the molecule is O=C(NCCc1cccc(Oc2ccnc(C3=NCCN3)c2)c1)c1cccc(Cl)c1. The van der Waals surface area contributed by atoms with Gasteiger partial charge in [0.15, 0.2) is 0 Å². The Balaban J connectivity index is 1.35. The van der Waals surface area contributed by atoms with E-state index in [-0.39, 0.29) is 5.91 Å². The van der Waals surface area contributed by atoms with Crippen LogP contribution in [0, 0.1) is 0 Å².